The van der Waals surface area contributed by atoms with Crippen molar-refractivity contribution in [2.75, 3.05) is 0 Å². The lowest BCUT2D eigenvalue weighted by Crippen LogP contribution is -2.03. The molecule has 0 aromatic carbocycles. The van der Waals surface area contributed by atoms with Crippen LogP contribution in [0.1, 0.15) is 64.2 Å². The molecule has 0 aliphatic carbocycles. The minimum Gasteiger partial charge on any atom is -0.354 e. The van der Waals surface area contributed by atoms with Crippen LogP contribution >= 0.6 is 0 Å². The number of rotatable bonds is 13. The summed E-state index contributed by atoms with van der Waals surface area (Å²) in [6, 6.07) is 6.50. The Balaban J connectivity index is 1.35. The number of pyridine rings is 2. The first-order valence-corrected chi connectivity index (χ1v) is 10.1. The fraction of sp³-hybridized carbons (Fsp3) is 0.545. The van der Waals surface area contributed by atoms with E-state index < -0.39 is 0 Å². The van der Waals surface area contributed by atoms with E-state index in [0.29, 0.717) is 0 Å². The van der Waals surface area contributed by atoms with E-state index in [1.54, 1.807) is 24.3 Å². The van der Waals surface area contributed by atoms with Crippen LogP contribution in [-0.4, -0.2) is 9.13 Å². The van der Waals surface area contributed by atoms with Gasteiger partial charge in [0.25, 0.3) is 0 Å². The summed E-state index contributed by atoms with van der Waals surface area (Å²) in [5.74, 6) is 0. The number of hydrogen-bond acceptors (Lipinski definition) is 2. The fourth-order valence-electron chi connectivity index (χ4n) is 3.19. The molecular formula is C22H32N2O2. The quantitative estimate of drug-likeness (QED) is 0.492. The zero-order valence-corrected chi connectivity index (χ0v) is 15.8. The third-order valence-electron chi connectivity index (χ3n) is 4.80. The van der Waals surface area contributed by atoms with Crippen LogP contribution in [0.25, 0.3) is 0 Å². The van der Waals surface area contributed by atoms with E-state index in [4.69, 9.17) is 0 Å². The highest BCUT2D eigenvalue weighted by Gasteiger charge is 1.95. The van der Waals surface area contributed by atoms with Crippen molar-refractivity contribution < 1.29 is 0 Å². The van der Waals surface area contributed by atoms with E-state index in [1.165, 1.54) is 64.2 Å². The molecule has 0 unspecified atom stereocenters. The van der Waals surface area contributed by atoms with E-state index in [2.05, 4.69) is 9.13 Å². The highest BCUT2D eigenvalue weighted by atomic mass is 16.1. The molecule has 0 bridgehead atoms. The monoisotopic (exact) mass is 356 g/mol. The van der Waals surface area contributed by atoms with E-state index in [1.807, 2.05) is 24.8 Å². The average Bonchev–Trinajstić information content (AvgIpc) is 2.65. The summed E-state index contributed by atoms with van der Waals surface area (Å²) in [5.41, 5.74) is 0.163. The summed E-state index contributed by atoms with van der Waals surface area (Å²) in [4.78, 5) is 22.1. The van der Waals surface area contributed by atoms with Crippen molar-refractivity contribution in [3.63, 3.8) is 0 Å². The second-order valence-electron chi connectivity index (χ2n) is 7.08. The largest absolute Gasteiger partial charge is 0.354 e. The molecule has 0 aliphatic heterocycles. The highest BCUT2D eigenvalue weighted by Crippen LogP contribution is 2.11. The van der Waals surface area contributed by atoms with Gasteiger partial charge in [0.15, 0.2) is 10.9 Å². The van der Waals surface area contributed by atoms with Gasteiger partial charge in [0.1, 0.15) is 0 Å². The highest BCUT2D eigenvalue weighted by molar-refractivity contribution is 4.94. The Morgan fingerprint density at radius 3 is 1.04 bits per heavy atom. The third kappa shape index (κ3) is 8.84. The first kappa shape index (κ1) is 20.2. The van der Waals surface area contributed by atoms with Crippen molar-refractivity contribution in [3.05, 3.63) is 69.5 Å². The van der Waals surface area contributed by atoms with Crippen LogP contribution in [0.15, 0.2) is 58.6 Å². The van der Waals surface area contributed by atoms with Gasteiger partial charge in [-0.15, -0.1) is 0 Å². The minimum atomic E-state index is 0.0814. The molecule has 0 amide bonds. The standard InChI is InChI=1S/C22H32N2O2/c25-21-11-17-23(18-12-21)15-9-7-5-3-1-2-4-6-8-10-16-24-19-13-22(26)14-20-24/h11-14,17-20H,1-10,15-16H2. The van der Waals surface area contributed by atoms with Crippen LogP contribution in [0.3, 0.4) is 0 Å². The van der Waals surface area contributed by atoms with Gasteiger partial charge in [0.2, 0.25) is 0 Å². The molecule has 0 N–H and O–H groups in total. The summed E-state index contributed by atoms with van der Waals surface area (Å²) in [6.07, 6.45) is 20.4. The molecule has 0 aliphatic rings. The zero-order chi connectivity index (χ0) is 18.5. The van der Waals surface area contributed by atoms with E-state index in [0.717, 1.165) is 13.1 Å². The van der Waals surface area contributed by atoms with Crippen molar-refractivity contribution >= 4 is 0 Å². The maximum absolute atomic E-state index is 11.0. The number of hydrogen-bond donors (Lipinski definition) is 0. The maximum Gasteiger partial charge on any atom is 0.181 e. The second-order valence-corrected chi connectivity index (χ2v) is 7.08. The Morgan fingerprint density at radius 2 is 0.731 bits per heavy atom. The predicted molar refractivity (Wildman–Crippen MR) is 108 cm³/mol. The van der Waals surface area contributed by atoms with Crippen molar-refractivity contribution in [1.29, 1.82) is 0 Å². The molecule has 0 saturated heterocycles. The molecule has 4 heteroatoms. The van der Waals surface area contributed by atoms with Gasteiger partial charge in [-0.3, -0.25) is 9.59 Å². The Bertz CT molecular complexity index is 629. The molecule has 2 aromatic rings. The topological polar surface area (TPSA) is 44.0 Å². The van der Waals surface area contributed by atoms with Gasteiger partial charge < -0.3 is 9.13 Å². The van der Waals surface area contributed by atoms with Gasteiger partial charge in [-0.1, -0.05) is 51.4 Å². The predicted octanol–water partition coefficient (Wildman–Crippen LogP) is 4.61. The normalized spacial score (nSPS) is 10.9. The lowest BCUT2D eigenvalue weighted by Gasteiger charge is -2.06. The SMILES string of the molecule is O=c1ccn(CCCCCCCCCCCCn2ccc(=O)cc2)cc1. The van der Waals surface area contributed by atoms with Gasteiger partial charge in [-0.25, -0.2) is 0 Å². The summed E-state index contributed by atoms with van der Waals surface area (Å²) >= 11 is 0. The van der Waals surface area contributed by atoms with Crippen LogP contribution in [-0.2, 0) is 13.1 Å². The second kappa shape index (κ2) is 12.3. The van der Waals surface area contributed by atoms with E-state index in [-0.39, 0.29) is 10.9 Å². The van der Waals surface area contributed by atoms with Crippen molar-refractivity contribution in [2.24, 2.45) is 0 Å². The van der Waals surface area contributed by atoms with Gasteiger partial charge in [-0.05, 0) is 12.8 Å². The fourth-order valence-corrected chi connectivity index (χ4v) is 3.19. The van der Waals surface area contributed by atoms with Gasteiger partial charge in [0.05, 0.1) is 0 Å². The number of aryl methyl sites for hydroxylation is 2. The maximum atomic E-state index is 11.0. The van der Waals surface area contributed by atoms with Crippen molar-refractivity contribution in [2.45, 2.75) is 77.3 Å². The van der Waals surface area contributed by atoms with Crippen LogP contribution in [0.4, 0.5) is 0 Å². The van der Waals surface area contributed by atoms with Crippen LogP contribution < -0.4 is 10.9 Å². The summed E-state index contributed by atoms with van der Waals surface area (Å²) < 4.78 is 4.18. The lowest BCUT2D eigenvalue weighted by molar-refractivity contribution is 0.521. The molecule has 2 aromatic heterocycles. The molecule has 0 atom stereocenters. The molecule has 0 saturated carbocycles. The van der Waals surface area contributed by atoms with Gasteiger partial charge in [-0.2, -0.15) is 0 Å². The Labute approximate surface area is 156 Å². The minimum absolute atomic E-state index is 0.0814. The summed E-state index contributed by atoms with van der Waals surface area (Å²) in [6.45, 7) is 2.02. The van der Waals surface area contributed by atoms with Crippen LogP contribution in [0, 0.1) is 0 Å². The van der Waals surface area contributed by atoms with Crippen LogP contribution in [0.2, 0.25) is 0 Å². The molecule has 2 heterocycles. The average molecular weight is 357 g/mol. The third-order valence-corrected chi connectivity index (χ3v) is 4.80. The summed E-state index contributed by atoms with van der Waals surface area (Å²) in [7, 11) is 0. The number of unbranched alkanes of at least 4 members (excludes halogenated alkanes) is 9. The molecule has 26 heavy (non-hydrogen) atoms. The van der Waals surface area contributed by atoms with Crippen molar-refractivity contribution in [3.8, 4) is 0 Å². The zero-order valence-electron chi connectivity index (χ0n) is 15.8. The number of nitrogens with zero attached hydrogens (tertiary/aromatic N) is 2. The Hall–Kier alpha value is -2.10. The molecule has 0 fully saturated rings. The molecule has 0 radical (unpaired) electrons. The smallest absolute Gasteiger partial charge is 0.181 e. The van der Waals surface area contributed by atoms with Gasteiger partial charge in [0, 0.05) is 62.1 Å². The molecule has 0 spiro atoms. The lowest BCUT2D eigenvalue weighted by atomic mass is 10.1. The van der Waals surface area contributed by atoms with E-state index in [9.17, 15) is 9.59 Å². The van der Waals surface area contributed by atoms with Crippen LogP contribution in [0.5, 0.6) is 0 Å². The Morgan fingerprint density at radius 1 is 0.462 bits per heavy atom. The molecule has 4 nitrogen and oxygen atoms in total. The van der Waals surface area contributed by atoms with Crippen molar-refractivity contribution in [1.82, 2.24) is 9.13 Å². The first-order valence-electron chi connectivity index (χ1n) is 10.1. The molecule has 142 valence electrons. The summed E-state index contributed by atoms with van der Waals surface area (Å²) in [5, 5.41) is 0. The van der Waals surface area contributed by atoms with E-state index >= 15 is 0 Å². The van der Waals surface area contributed by atoms with Gasteiger partial charge >= 0.3 is 0 Å². The molecular weight excluding hydrogens is 324 g/mol. The first-order chi connectivity index (χ1) is 12.7. The molecule has 2 rings (SSSR count). The number of aromatic nitrogens is 2. The Kier molecular flexibility index (Phi) is 9.55.